The number of fused-ring (bicyclic) bond motifs is 1. The number of carbonyl (C=O) groups excluding carboxylic acids is 1. The summed E-state index contributed by atoms with van der Waals surface area (Å²) in [5.74, 6) is 1.50. The van der Waals surface area contributed by atoms with Crippen LogP contribution >= 0.6 is 0 Å². The monoisotopic (exact) mass is 351 g/mol. The van der Waals surface area contributed by atoms with Crippen LogP contribution in [0.5, 0.6) is 11.5 Å². The van der Waals surface area contributed by atoms with Crippen molar-refractivity contribution in [3.05, 3.63) is 65.7 Å². The van der Waals surface area contributed by atoms with E-state index in [-0.39, 0.29) is 11.9 Å². The molecule has 0 saturated carbocycles. The Balaban J connectivity index is 1.71. The molecule has 4 heteroatoms. The Morgan fingerprint density at radius 1 is 1.08 bits per heavy atom. The Bertz CT molecular complexity index is 768. The van der Waals surface area contributed by atoms with Crippen molar-refractivity contribution in [3.8, 4) is 11.5 Å². The third kappa shape index (κ3) is 4.66. The van der Waals surface area contributed by atoms with Crippen molar-refractivity contribution in [2.24, 2.45) is 0 Å². The first kappa shape index (κ1) is 18.1. The van der Waals surface area contributed by atoms with Crippen molar-refractivity contribution in [2.45, 2.75) is 32.9 Å². The van der Waals surface area contributed by atoms with Gasteiger partial charge in [-0.3, -0.25) is 4.79 Å². The Kier molecular flexibility index (Phi) is 5.95. The van der Waals surface area contributed by atoms with E-state index in [0.29, 0.717) is 19.8 Å². The van der Waals surface area contributed by atoms with Crippen LogP contribution in [0.25, 0.3) is 6.08 Å². The molecule has 0 spiro atoms. The first-order chi connectivity index (χ1) is 12.6. The highest BCUT2D eigenvalue weighted by atomic mass is 16.5. The molecule has 0 atom stereocenters. The molecule has 4 nitrogen and oxygen atoms in total. The number of rotatable bonds is 5. The van der Waals surface area contributed by atoms with Gasteiger partial charge in [-0.25, -0.2) is 0 Å². The number of hydrogen-bond acceptors (Lipinski definition) is 3. The van der Waals surface area contributed by atoms with E-state index < -0.39 is 0 Å². The SMILES string of the molecule is CC(C)N(Cc1ccccc1)C(=O)/C=C/c1ccc2c(c1)OCCCO2. The van der Waals surface area contributed by atoms with Crippen LogP contribution in [0.1, 0.15) is 31.4 Å². The normalized spacial score (nSPS) is 13.7. The topological polar surface area (TPSA) is 38.8 Å². The molecule has 0 fully saturated rings. The predicted octanol–water partition coefficient (Wildman–Crippen LogP) is 4.30. The summed E-state index contributed by atoms with van der Waals surface area (Å²) < 4.78 is 11.3. The standard InChI is InChI=1S/C22H25NO3/c1-17(2)23(16-19-7-4-3-5-8-19)22(24)12-10-18-9-11-20-21(15-18)26-14-6-13-25-20/h3-5,7-12,15,17H,6,13-14,16H2,1-2H3/b12-10+. The van der Waals surface area contributed by atoms with Crippen molar-refractivity contribution in [1.82, 2.24) is 4.90 Å². The highest BCUT2D eigenvalue weighted by Crippen LogP contribution is 2.30. The van der Waals surface area contributed by atoms with Crippen LogP contribution in [0.2, 0.25) is 0 Å². The second kappa shape index (κ2) is 8.56. The van der Waals surface area contributed by atoms with E-state index in [9.17, 15) is 4.79 Å². The molecular weight excluding hydrogens is 326 g/mol. The van der Waals surface area contributed by atoms with E-state index in [0.717, 1.165) is 29.0 Å². The van der Waals surface area contributed by atoms with E-state index in [1.165, 1.54) is 0 Å². The third-order valence-corrected chi connectivity index (χ3v) is 4.29. The van der Waals surface area contributed by atoms with Crippen molar-refractivity contribution < 1.29 is 14.3 Å². The molecule has 1 aliphatic rings. The van der Waals surface area contributed by atoms with Crippen molar-refractivity contribution in [3.63, 3.8) is 0 Å². The zero-order valence-corrected chi connectivity index (χ0v) is 15.4. The smallest absolute Gasteiger partial charge is 0.247 e. The van der Waals surface area contributed by atoms with E-state index in [2.05, 4.69) is 0 Å². The van der Waals surface area contributed by atoms with Crippen LogP contribution in [0.15, 0.2) is 54.6 Å². The maximum Gasteiger partial charge on any atom is 0.247 e. The van der Waals surface area contributed by atoms with Crippen molar-refractivity contribution in [1.29, 1.82) is 0 Å². The molecule has 0 radical (unpaired) electrons. The van der Waals surface area contributed by atoms with Crippen molar-refractivity contribution in [2.75, 3.05) is 13.2 Å². The zero-order chi connectivity index (χ0) is 18.4. The molecule has 2 aromatic carbocycles. The van der Waals surface area contributed by atoms with Gasteiger partial charge in [0.1, 0.15) is 0 Å². The van der Waals surface area contributed by atoms with Gasteiger partial charge in [0.05, 0.1) is 13.2 Å². The summed E-state index contributed by atoms with van der Waals surface area (Å²) in [5.41, 5.74) is 2.05. The lowest BCUT2D eigenvalue weighted by molar-refractivity contribution is -0.128. The van der Waals surface area contributed by atoms with Gasteiger partial charge >= 0.3 is 0 Å². The maximum absolute atomic E-state index is 12.7. The second-order valence-corrected chi connectivity index (χ2v) is 6.64. The number of carbonyl (C=O) groups is 1. The van der Waals surface area contributed by atoms with E-state index in [4.69, 9.17) is 9.47 Å². The van der Waals surface area contributed by atoms with Gasteiger partial charge < -0.3 is 14.4 Å². The average Bonchev–Trinajstić information content (AvgIpc) is 2.89. The van der Waals surface area contributed by atoms with Crippen LogP contribution in [0.3, 0.4) is 0 Å². The van der Waals surface area contributed by atoms with Crippen LogP contribution in [-0.2, 0) is 11.3 Å². The lowest BCUT2D eigenvalue weighted by Crippen LogP contribution is -2.35. The Labute approximate surface area is 155 Å². The predicted molar refractivity (Wildman–Crippen MR) is 103 cm³/mol. The van der Waals surface area contributed by atoms with E-state index in [1.54, 1.807) is 6.08 Å². The van der Waals surface area contributed by atoms with Gasteiger partial charge in [0.25, 0.3) is 0 Å². The minimum absolute atomic E-state index is 0.00374. The van der Waals surface area contributed by atoms with Crippen LogP contribution in [0, 0.1) is 0 Å². The Morgan fingerprint density at radius 2 is 1.81 bits per heavy atom. The number of amides is 1. The molecule has 0 unspecified atom stereocenters. The van der Waals surface area contributed by atoms with Crippen LogP contribution in [-0.4, -0.2) is 30.1 Å². The highest BCUT2D eigenvalue weighted by Gasteiger charge is 2.15. The van der Waals surface area contributed by atoms with E-state index >= 15 is 0 Å². The lowest BCUT2D eigenvalue weighted by Gasteiger charge is -2.25. The molecule has 1 aliphatic heterocycles. The maximum atomic E-state index is 12.7. The Morgan fingerprint density at radius 3 is 2.54 bits per heavy atom. The summed E-state index contributed by atoms with van der Waals surface area (Å²) in [6.45, 7) is 5.98. The molecule has 0 saturated heterocycles. The summed E-state index contributed by atoms with van der Waals surface area (Å²) in [7, 11) is 0. The summed E-state index contributed by atoms with van der Waals surface area (Å²) >= 11 is 0. The summed E-state index contributed by atoms with van der Waals surface area (Å²) in [4.78, 5) is 14.5. The second-order valence-electron chi connectivity index (χ2n) is 6.64. The fraction of sp³-hybridized carbons (Fsp3) is 0.318. The summed E-state index contributed by atoms with van der Waals surface area (Å²) in [5, 5.41) is 0. The van der Waals surface area contributed by atoms with Crippen molar-refractivity contribution >= 4 is 12.0 Å². The van der Waals surface area contributed by atoms with Crippen LogP contribution in [0.4, 0.5) is 0 Å². The fourth-order valence-electron chi connectivity index (χ4n) is 2.84. The van der Waals surface area contributed by atoms with Gasteiger partial charge in [-0.2, -0.15) is 0 Å². The van der Waals surface area contributed by atoms with Gasteiger partial charge in [0, 0.05) is 25.1 Å². The minimum Gasteiger partial charge on any atom is -0.490 e. The highest BCUT2D eigenvalue weighted by molar-refractivity contribution is 5.92. The largest absolute Gasteiger partial charge is 0.490 e. The summed E-state index contributed by atoms with van der Waals surface area (Å²) in [6.07, 6.45) is 4.33. The molecule has 0 N–H and O–H groups in total. The van der Waals surface area contributed by atoms with Gasteiger partial charge in [-0.05, 0) is 43.2 Å². The minimum atomic E-state index is -0.00374. The van der Waals surface area contributed by atoms with Gasteiger partial charge in [-0.15, -0.1) is 0 Å². The fourth-order valence-corrected chi connectivity index (χ4v) is 2.84. The van der Waals surface area contributed by atoms with Gasteiger partial charge in [-0.1, -0.05) is 36.4 Å². The van der Waals surface area contributed by atoms with Gasteiger partial charge in [0.15, 0.2) is 11.5 Å². The molecule has 2 aromatic rings. The molecule has 0 aromatic heterocycles. The number of hydrogen-bond donors (Lipinski definition) is 0. The number of benzene rings is 2. The average molecular weight is 351 g/mol. The zero-order valence-electron chi connectivity index (χ0n) is 15.4. The lowest BCUT2D eigenvalue weighted by atomic mass is 10.1. The molecule has 3 rings (SSSR count). The molecule has 0 aliphatic carbocycles. The van der Waals surface area contributed by atoms with Crippen LogP contribution < -0.4 is 9.47 Å². The molecule has 1 amide bonds. The number of nitrogens with zero attached hydrogens (tertiary/aromatic N) is 1. The molecular formula is C22H25NO3. The summed E-state index contributed by atoms with van der Waals surface area (Å²) in [6, 6.07) is 15.9. The Hall–Kier alpha value is -2.75. The number of ether oxygens (including phenoxy) is 2. The quantitative estimate of drug-likeness (QED) is 0.754. The first-order valence-corrected chi connectivity index (χ1v) is 9.06. The third-order valence-electron chi connectivity index (χ3n) is 4.29. The molecule has 1 heterocycles. The first-order valence-electron chi connectivity index (χ1n) is 9.06. The van der Waals surface area contributed by atoms with Gasteiger partial charge in [0.2, 0.25) is 5.91 Å². The van der Waals surface area contributed by atoms with E-state index in [1.807, 2.05) is 73.4 Å². The molecule has 26 heavy (non-hydrogen) atoms. The molecule has 136 valence electrons. The molecule has 0 bridgehead atoms.